The number of hydrogen-bond acceptors (Lipinski definition) is 7. The third-order valence-corrected chi connectivity index (χ3v) is 5.82. The van der Waals surface area contributed by atoms with E-state index in [1.807, 2.05) is 18.2 Å². The highest BCUT2D eigenvalue weighted by molar-refractivity contribution is 8.13. The Morgan fingerprint density at radius 3 is 2.90 bits per heavy atom. The summed E-state index contributed by atoms with van der Waals surface area (Å²) in [6, 6.07) is 6.90. The van der Waals surface area contributed by atoms with E-state index in [0.29, 0.717) is 17.7 Å². The van der Waals surface area contributed by atoms with Gasteiger partial charge in [0.15, 0.2) is 22.2 Å². The number of halogens is 1. The second kappa shape index (κ2) is 7.55. The Balaban J connectivity index is 1.51. The van der Waals surface area contributed by atoms with Crippen LogP contribution >= 0.6 is 11.8 Å². The number of aryl methyl sites for hydroxylation is 1. The fourth-order valence-corrected chi connectivity index (χ4v) is 4.22. The molecule has 0 atom stereocenters. The van der Waals surface area contributed by atoms with Crippen LogP contribution in [0, 0.1) is 16.6 Å². The van der Waals surface area contributed by atoms with E-state index in [0.717, 1.165) is 45.5 Å². The predicted octanol–water partition coefficient (Wildman–Crippen LogP) is 3.43. The third kappa shape index (κ3) is 3.55. The number of thioether (sulfide) groups is 1. The maximum absolute atomic E-state index is 14.5. The standard InChI is InChI=1S/C21H18FN7OS/c1-28-10-13(8-27-28)12-6-16(22)20(23)29(11-12)21(24)31-14-2-3-17-15(7-14)19-18(9-26-17)25-4-5-30-19/h2-3,6-11,23-25H,4-5H2,1H3. The highest BCUT2D eigenvalue weighted by atomic mass is 32.2. The van der Waals surface area contributed by atoms with Crippen molar-refractivity contribution in [2.24, 2.45) is 7.05 Å². The summed E-state index contributed by atoms with van der Waals surface area (Å²) < 4.78 is 23.1. The van der Waals surface area contributed by atoms with Gasteiger partial charge in [-0.2, -0.15) is 5.10 Å². The summed E-state index contributed by atoms with van der Waals surface area (Å²) in [6.45, 7) is 1.29. The van der Waals surface area contributed by atoms with E-state index >= 15 is 0 Å². The molecule has 0 radical (unpaired) electrons. The van der Waals surface area contributed by atoms with Gasteiger partial charge in [-0.15, -0.1) is 0 Å². The third-order valence-electron chi connectivity index (χ3n) is 4.94. The van der Waals surface area contributed by atoms with Gasteiger partial charge in [0.1, 0.15) is 6.61 Å². The lowest BCUT2D eigenvalue weighted by molar-refractivity contribution is 0.327. The summed E-state index contributed by atoms with van der Waals surface area (Å²) in [6.07, 6.45) is 6.70. The zero-order valence-corrected chi connectivity index (χ0v) is 17.3. The number of hydrogen-bond donors (Lipinski definition) is 3. The number of aromatic nitrogens is 4. The summed E-state index contributed by atoms with van der Waals surface area (Å²) in [7, 11) is 1.78. The summed E-state index contributed by atoms with van der Waals surface area (Å²) in [4.78, 5) is 5.21. The van der Waals surface area contributed by atoms with Crippen LogP contribution in [0.3, 0.4) is 0 Å². The number of pyridine rings is 2. The first kappa shape index (κ1) is 19.3. The van der Waals surface area contributed by atoms with Crippen molar-refractivity contribution >= 4 is 33.5 Å². The summed E-state index contributed by atoms with van der Waals surface area (Å²) >= 11 is 1.13. The lowest BCUT2D eigenvalue weighted by Gasteiger charge is -2.20. The quantitative estimate of drug-likeness (QED) is 0.254. The number of ether oxygens (including phenoxy) is 1. The highest BCUT2D eigenvalue weighted by Gasteiger charge is 2.16. The van der Waals surface area contributed by atoms with Gasteiger partial charge >= 0.3 is 0 Å². The summed E-state index contributed by atoms with van der Waals surface area (Å²) in [5.41, 5.74) is 2.50. The van der Waals surface area contributed by atoms with Gasteiger partial charge in [0.05, 0.1) is 23.6 Å². The Morgan fingerprint density at radius 2 is 2.10 bits per heavy atom. The fourth-order valence-electron chi connectivity index (χ4n) is 3.44. The van der Waals surface area contributed by atoms with Crippen LogP contribution in [0.5, 0.6) is 5.75 Å². The predicted molar refractivity (Wildman–Crippen MR) is 117 cm³/mol. The van der Waals surface area contributed by atoms with Crippen molar-refractivity contribution in [1.29, 1.82) is 10.8 Å². The van der Waals surface area contributed by atoms with Gasteiger partial charge in [0, 0.05) is 47.4 Å². The first-order chi connectivity index (χ1) is 15.0. The number of nitrogens with one attached hydrogen (secondary N) is 3. The number of fused-ring (bicyclic) bond motifs is 3. The minimum atomic E-state index is -0.706. The molecule has 0 fully saturated rings. The molecule has 8 nitrogen and oxygen atoms in total. The smallest absolute Gasteiger partial charge is 0.171 e. The minimum absolute atomic E-state index is 0.00536. The average molecular weight is 435 g/mol. The van der Waals surface area contributed by atoms with Crippen LogP contribution in [0.25, 0.3) is 22.0 Å². The van der Waals surface area contributed by atoms with Crippen molar-refractivity contribution in [1.82, 2.24) is 19.3 Å². The number of benzene rings is 1. The van der Waals surface area contributed by atoms with Gasteiger partial charge in [-0.25, -0.2) is 4.39 Å². The molecule has 0 amide bonds. The van der Waals surface area contributed by atoms with Crippen molar-refractivity contribution in [2.45, 2.75) is 4.90 Å². The van der Waals surface area contributed by atoms with Crippen molar-refractivity contribution in [3.8, 4) is 16.9 Å². The zero-order chi connectivity index (χ0) is 21.5. The molecule has 3 N–H and O–H groups in total. The van der Waals surface area contributed by atoms with Crippen LogP contribution in [0.15, 0.2) is 53.9 Å². The summed E-state index contributed by atoms with van der Waals surface area (Å²) in [5.74, 6) is 0.0339. The normalized spacial score (nSPS) is 12.8. The van der Waals surface area contributed by atoms with Crippen molar-refractivity contribution in [3.05, 3.63) is 60.4 Å². The Hall–Kier alpha value is -3.66. The van der Waals surface area contributed by atoms with Gasteiger partial charge < -0.3 is 10.1 Å². The Kier molecular flexibility index (Phi) is 4.70. The van der Waals surface area contributed by atoms with Crippen LogP contribution in [0.4, 0.5) is 10.1 Å². The molecule has 31 heavy (non-hydrogen) atoms. The average Bonchev–Trinajstić information content (AvgIpc) is 3.21. The second-order valence-electron chi connectivity index (χ2n) is 7.06. The molecule has 4 aromatic rings. The Bertz CT molecular complexity index is 1390. The van der Waals surface area contributed by atoms with Crippen molar-refractivity contribution < 1.29 is 9.13 Å². The molecule has 5 rings (SSSR count). The van der Waals surface area contributed by atoms with Crippen molar-refractivity contribution in [2.75, 3.05) is 18.5 Å². The molecular weight excluding hydrogens is 417 g/mol. The molecule has 0 bridgehead atoms. The van der Waals surface area contributed by atoms with Gasteiger partial charge in [0.2, 0.25) is 0 Å². The van der Waals surface area contributed by atoms with Gasteiger partial charge in [0.25, 0.3) is 0 Å². The largest absolute Gasteiger partial charge is 0.489 e. The second-order valence-corrected chi connectivity index (χ2v) is 8.12. The monoisotopic (exact) mass is 435 g/mol. The van der Waals surface area contributed by atoms with E-state index < -0.39 is 5.82 Å². The number of rotatable bonds is 2. The lowest BCUT2D eigenvalue weighted by Crippen LogP contribution is -2.27. The van der Waals surface area contributed by atoms with E-state index in [2.05, 4.69) is 15.4 Å². The van der Waals surface area contributed by atoms with Gasteiger partial charge in [-0.1, -0.05) is 11.8 Å². The van der Waals surface area contributed by atoms with Gasteiger partial charge in [-0.3, -0.25) is 25.1 Å². The molecule has 10 heteroatoms. The number of anilines is 1. The molecule has 156 valence electrons. The van der Waals surface area contributed by atoms with Crippen LogP contribution in [-0.4, -0.2) is 37.7 Å². The Labute approximate surface area is 180 Å². The first-order valence-corrected chi connectivity index (χ1v) is 10.3. The maximum Gasteiger partial charge on any atom is 0.171 e. The zero-order valence-electron chi connectivity index (χ0n) is 16.5. The Morgan fingerprint density at radius 1 is 1.23 bits per heavy atom. The SMILES string of the molecule is Cn1cc(-c2cc(F)c(=N)n(C(=N)Sc3ccc4ncc5c(c4c3)OCCN5)c2)cn1. The van der Waals surface area contributed by atoms with Crippen molar-refractivity contribution in [3.63, 3.8) is 0 Å². The minimum Gasteiger partial charge on any atom is -0.489 e. The molecule has 1 aromatic carbocycles. The van der Waals surface area contributed by atoms with Crippen LogP contribution in [0.1, 0.15) is 0 Å². The van der Waals surface area contributed by atoms with Gasteiger partial charge in [-0.05, 0) is 24.3 Å². The molecule has 1 aliphatic heterocycles. The first-order valence-electron chi connectivity index (χ1n) is 9.51. The lowest BCUT2D eigenvalue weighted by atomic mass is 10.1. The molecule has 0 saturated heterocycles. The molecule has 0 spiro atoms. The fraction of sp³-hybridized carbons (Fsp3) is 0.143. The molecular formula is C21H18FN7OS. The summed E-state index contributed by atoms with van der Waals surface area (Å²) in [5, 5.41) is 24.8. The molecule has 1 aliphatic rings. The van der Waals surface area contributed by atoms with Crippen LogP contribution in [-0.2, 0) is 7.05 Å². The topological polar surface area (TPSA) is 105 Å². The molecule has 0 saturated carbocycles. The number of nitrogens with zero attached hydrogens (tertiary/aromatic N) is 4. The maximum atomic E-state index is 14.5. The van der Waals surface area contributed by atoms with E-state index in [-0.39, 0.29) is 10.7 Å². The molecule has 4 heterocycles. The van der Waals surface area contributed by atoms with E-state index in [4.69, 9.17) is 15.6 Å². The molecule has 0 unspecified atom stereocenters. The molecule has 0 aliphatic carbocycles. The highest BCUT2D eigenvalue weighted by Crippen LogP contribution is 2.36. The molecule has 3 aromatic heterocycles. The van der Waals surface area contributed by atoms with Crippen LogP contribution < -0.4 is 15.5 Å². The van der Waals surface area contributed by atoms with E-state index in [9.17, 15) is 4.39 Å². The van der Waals surface area contributed by atoms with E-state index in [1.54, 1.807) is 36.5 Å². The van der Waals surface area contributed by atoms with Crippen LogP contribution in [0.2, 0.25) is 0 Å². The van der Waals surface area contributed by atoms with E-state index in [1.165, 1.54) is 10.6 Å².